The molecule has 0 aliphatic carbocycles. The molecule has 1 saturated heterocycles. The minimum Gasteiger partial charge on any atom is -0.494 e. The van der Waals surface area contributed by atoms with Crippen LogP contribution in [0.5, 0.6) is 5.75 Å². The predicted octanol–water partition coefficient (Wildman–Crippen LogP) is 4.15. The fourth-order valence-corrected chi connectivity index (χ4v) is 3.44. The first kappa shape index (κ1) is 20.1. The molecule has 1 N–H and O–H groups in total. The van der Waals surface area contributed by atoms with E-state index < -0.39 is 18.0 Å². The van der Waals surface area contributed by atoms with Gasteiger partial charge < -0.3 is 19.5 Å². The summed E-state index contributed by atoms with van der Waals surface area (Å²) in [6, 6.07) is 8.02. The van der Waals surface area contributed by atoms with Crippen LogP contribution in [-0.4, -0.2) is 49.5 Å². The van der Waals surface area contributed by atoms with Crippen molar-refractivity contribution in [3.63, 3.8) is 0 Å². The Bertz CT molecular complexity index is 1110. The van der Waals surface area contributed by atoms with E-state index in [1.54, 1.807) is 24.3 Å². The summed E-state index contributed by atoms with van der Waals surface area (Å²) in [6.45, 7) is 0.579. The molecule has 0 spiro atoms. The zero-order valence-electron chi connectivity index (χ0n) is 16.2. The lowest BCUT2D eigenvalue weighted by molar-refractivity contribution is 0.0718. The summed E-state index contributed by atoms with van der Waals surface area (Å²) in [4.78, 5) is 22.4. The highest BCUT2D eigenvalue weighted by atomic mass is 35.5. The number of carbonyl (C=O) groups is 1. The van der Waals surface area contributed by atoms with Crippen molar-refractivity contribution in [3.8, 4) is 5.75 Å². The molecule has 3 aromatic rings. The molecule has 1 amide bonds. The molecule has 0 unspecified atom stereocenters. The van der Waals surface area contributed by atoms with Crippen LogP contribution < -0.4 is 15.0 Å². The van der Waals surface area contributed by atoms with Crippen molar-refractivity contribution < 1.29 is 23.4 Å². The number of aromatic nitrogens is 2. The fraction of sp³-hybridized carbons (Fsp3) is 0.250. The molecule has 10 heteroatoms. The van der Waals surface area contributed by atoms with Gasteiger partial charge in [-0.15, -0.1) is 0 Å². The lowest BCUT2D eigenvalue weighted by Gasteiger charge is -2.18. The van der Waals surface area contributed by atoms with Gasteiger partial charge in [0.05, 0.1) is 42.2 Å². The Morgan fingerprint density at radius 1 is 1.33 bits per heavy atom. The maximum absolute atomic E-state index is 14.4. The van der Waals surface area contributed by atoms with Crippen molar-refractivity contribution in [1.82, 2.24) is 9.97 Å². The molecule has 4 rings (SSSR count). The summed E-state index contributed by atoms with van der Waals surface area (Å²) < 4.78 is 30.2. The molecule has 1 aliphatic heterocycles. The van der Waals surface area contributed by atoms with Gasteiger partial charge in [-0.3, -0.25) is 4.90 Å². The van der Waals surface area contributed by atoms with Crippen molar-refractivity contribution in [2.24, 2.45) is 0 Å². The van der Waals surface area contributed by atoms with E-state index in [0.717, 1.165) is 0 Å². The number of benzene rings is 2. The van der Waals surface area contributed by atoms with E-state index in [-0.39, 0.29) is 17.3 Å². The molecule has 156 valence electrons. The van der Waals surface area contributed by atoms with Crippen LogP contribution in [0.25, 0.3) is 10.9 Å². The van der Waals surface area contributed by atoms with Gasteiger partial charge in [0.25, 0.3) is 0 Å². The number of amides is 1. The lowest BCUT2D eigenvalue weighted by Crippen LogP contribution is -2.26. The summed E-state index contributed by atoms with van der Waals surface area (Å²) in [6.07, 6.45) is 0.445. The van der Waals surface area contributed by atoms with Crippen LogP contribution in [0.4, 0.5) is 26.4 Å². The highest BCUT2D eigenvalue weighted by Crippen LogP contribution is 2.37. The highest BCUT2D eigenvalue weighted by Gasteiger charge is 2.34. The Labute approximate surface area is 176 Å². The van der Waals surface area contributed by atoms with Gasteiger partial charge in [0.1, 0.15) is 24.0 Å². The molecular formula is C20H18ClFN4O4. The van der Waals surface area contributed by atoms with E-state index in [1.807, 2.05) is 0 Å². The first-order valence-corrected chi connectivity index (χ1v) is 9.40. The maximum atomic E-state index is 14.4. The van der Waals surface area contributed by atoms with Crippen LogP contribution in [0.1, 0.15) is 0 Å². The Morgan fingerprint density at radius 3 is 2.93 bits per heavy atom. The quantitative estimate of drug-likeness (QED) is 0.626. The number of hydrogen-bond acceptors (Lipinski definition) is 7. The largest absolute Gasteiger partial charge is 0.494 e. The molecule has 2 aromatic carbocycles. The first-order chi connectivity index (χ1) is 14.5. The Morgan fingerprint density at radius 2 is 2.17 bits per heavy atom. The summed E-state index contributed by atoms with van der Waals surface area (Å²) in [7, 11) is 3.04. The minimum absolute atomic E-state index is 0.00952. The molecule has 1 aliphatic rings. The van der Waals surface area contributed by atoms with Crippen LogP contribution in [0.15, 0.2) is 36.7 Å². The number of ether oxygens (including phenoxy) is 3. The van der Waals surface area contributed by atoms with E-state index >= 15 is 0 Å². The summed E-state index contributed by atoms with van der Waals surface area (Å²) >= 11 is 5.87. The second-order valence-corrected chi connectivity index (χ2v) is 6.97. The standard InChI is InChI=1S/C20H18ClFN4O4/c1-28-9-11-8-26(20(27)30-11)16-6-12-15(7-17(16)29-2)23-10-24-19(12)25-14-5-3-4-13(21)18(14)22/h3-7,10-11H,8-9H2,1-2H3,(H,23,24,25)/t11-/m0/s1. The predicted molar refractivity (Wildman–Crippen MR) is 110 cm³/mol. The second kappa shape index (κ2) is 8.29. The zero-order chi connectivity index (χ0) is 21.3. The first-order valence-electron chi connectivity index (χ1n) is 9.02. The van der Waals surface area contributed by atoms with Crippen molar-refractivity contribution >= 4 is 45.8 Å². The number of nitrogens with zero attached hydrogens (tertiary/aromatic N) is 3. The molecule has 0 bridgehead atoms. The molecule has 30 heavy (non-hydrogen) atoms. The van der Waals surface area contributed by atoms with Gasteiger partial charge in [-0.1, -0.05) is 17.7 Å². The molecule has 8 nitrogen and oxygen atoms in total. The molecule has 1 aromatic heterocycles. The van der Waals surface area contributed by atoms with Gasteiger partial charge in [-0.25, -0.2) is 19.2 Å². The zero-order valence-corrected chi connectivity index (χ0v) is 16.9. The number of cyclic esters (lactones) is 1. The summed E-state index contributed by atoms with van der Waals surface area (Å²) in [5.74, 6) is 0.201. The maximum Gasteiger partial charge on any atom is 0.414 e. The van der Waals surface area contributed by atoms with Gasteiger partial charge in [0.2, 0.25) is 0 Å². The topological polar surface area (TPSA) is 85.8 Å². The molecule has 0 radical (unpaired) electrons. The smallest absolute Gasteiger partial charge is 0.414 e. The SMILES string of the molecule is COC[C@@H]1CN(c2cc3c(Nc4cccc(Cl)c4F)ncnc3cc2OC)C(=O)O1. The van der Waals surface area contributed by atoms with E-state index in [0.29, 0.717) is 34.7 Å². The van der Waals surface area contributed by atoms with Gasteiger partial charge in [-0.05, 0) is 18.2 Å². The second-order valence-electron chi connectivity index (χ2n) is 6.56. The van der Waals surface area contributed by atoms with Crippen LogP contribution in [0, 0.1) is 5.82 Å². The third-order valence-corrected chi connectivity index (χ3v) is 4.95. The molecular weight excluding hydrogens is 415 g/mol. The van der Waals surface area contributed by atoms with E-state index in [4.69, 9.17) is 25.8 Å². The highest BCUT2D eigenvalue weighted by molar-refractivity contribution is 6.31. The molecule has 0 saturated carbocycles. The number of hydrogen-bond donors (Lipinski definition) is 1. The lowest BCUT2D eigenvalue weighted by atomic mass is 10.1. The molecule has 1 fully saturated rings. The minimum atomic E-state index is -0.592. The number of rotatable bonds is 6. The van der Waals surface area contributed by atoms with Crippen molar-refractivity contribution in [2.75, 3.05) is 37.6 Å². The number of fused-ring (bicyclic) bond motifs is 1. The van der Waals surface area contributed by atoms with Gasteiger partial charge in [-0.2, -0.15) is 0 Å². The monoisotopic (exact) mass is 432 g/mol. The number of carbonyl (C=O) groups excluding carboxylic acids is 1. The van der Waals surface area contributed by atoms with E-state index in [1.165, 1.54) is 31.5 Å². The number of nitrogens with one attached hydrogen (secondary N) is 1. The third-order valence-electron chi connectivity index (χ3n) is 4.66. The number of halogens is 2. The van der Waals surface area contributed by atoms with Gasteiger partial charge >= 0.3 is 6.09 Å². The van der Waals surface area contributed by atoms with E-state index in [2.05, 4.69) is 15.3 Å². The Hall–Kier alpha value is -3.17. The Kier molecular flexibility index (Phi) is 5.56. The molecule has 2 heterocycles. The summed E-state index contributed by atoms with van der Waals surface area (Å²) in [5.41, 5.74) is 1.20. The number of anilines is 3. The molecule has 1 atom stereocenters. The van der Waals surface area contributed by atoms with Gasteiger partial charge in [0.15, 0.2) is 5.82 Å². The average molecular weight is 433 g/mol. The van der Waals surface area contributed by atoms with Crippen LogP contribution in [0.3, 0.4) is 0 Å². The van der Waals surface area contributed by atoms with E-state index in [9.17, 15) is 9.18 Å². The van der Waals surface area contributed by atoms with Crippen LogP contribution >= 0.6 is 11.6 Å². The fourth-order valence-electron chi connectivity index (χ4n) is 3.27. The van der Waals surface area contributed by atoms with Crippen LogP contribution in [-0.2, 0) is 9.47 Å². The summed E-state index contributed by atoms with van der Waals surface area (Å²) in [5, 5.41) is 3.50. The van der Waals surface area contributed by atoms with Crippen molar-refractivity contribution in [2.45, 2.75) is 6.10 Å². The van der Waals surface area contributed by atoms with Crippen LogP contribution in [0.2, 0.25) is 5.02 Å². The Balaban J connectivity index is 1.78. The van der Waals surface area contributed by atoms with Crippen molar-refractivity contribution in [1.29, 1.82) is 0 Å². The van der Waals surface area contributed by atoms with Crippen molar-refractivity contribution in [3.05, 3.63) is 47.5 Å². The third kappa shape index (κ3) is 3.69. The average Bonchev–Trinajstić information content (AvgIpc) is 3.11. The normalized spacial score (nSPS) is 16.1. The van der Waals surface area contributed by atoms with Gasteiger partial charge in [0, 0.05) is 18.6 Å². The number of methoxy groups -OCH3 is 2.